The molecule has 2 aromatic rings. The summed E-state index contributed by atoms with van der Waals surface area (Å²) >= 11 is 1.90. The van der Waals surface area contributed by atoms with Crippen LogP contribution in [0.5, 0.6) is 0 Å². The van der Waals surface area contributed by atoms with Gasteiger partial charge in [0.2, 0.25) is 0 Å². The first kappa shape index (κ1) is 11.4. The summed E-state index contributed by atoms with van der Waals surface area (Å²) in [6.45, 7) is 4.55. The maximum atomic E-state index is 2.36. The standard InChI is InChI=1S/C15H18S/c1-12(2)8-15-10-14(11-16-15)9-13-6-4-3-5-7-13/h3-7,10-12H,8-9H2,1-2H3. The molecule has 16 heavy (non-hydrogen) atoms. The molecular formula is C15H18S. The third-order valence-electron chi connectivity index (χ3n) is 2.57. The molecule has 0 aliphatic heterocycles. The Morgan fingerprint density at radius 3 is 2.50 bits per heavy atom. The van der Waals surface area contributed by atoms with Gasteiger partial charge in [-0.2, -0.15) is 0 Å². The fraction of sp³-hybridized carbons (Fsp3) is 0.333. The third-order valence-corrected chi connectivity index (χ3v) is 3.58. The molecule has 0 radical (unpaired) electrons. The highest BCUT2D eigenvalue weighted by Crippen LogP contribution is 2.20. The van der Waals surface area contributed by atoms with Gasteiger partial charge in [-0.05, 0) is 41.3 Å². The number of rotatable bonds is 4. The number of hydrogen-bond acceptors (Lipinski definition) is 1. The Bertz CT molecular complexity index is 426. The van der Waals surface area contributed by atoms with Gasteiger partial charge in [-0.1, -0.05) is 44.2 Å². The molecule has 0 saturated carbocycles. The molecule has 1 heteroatoms. The molecule has 1 aromatic carbocycles. The predicted molar refractivity (Wildman–Crippen MR) is 72.1 cm³/mol. The van der Waals surface area contributed by atoms with Crippen molar-refractivity contribution >= 4 is 11.3 Å². The lowest BCUT2D eigenvalue weighted by Crippen LogP contribution is -1.90. The van der Waals surface area contributed by atoms with Gasteiger partial charge in [0, 0.05) is 4.88 Å². The van der Waals surface area contributed by atoms with Crippen molar-refractivity contribution in [3.63, 3.8) is 0 Å². The zero-order valence-corrected chi connectivity index (χ0v) is 10.8. The first-order valence-corrected chi connectivity index (χ1v) is 6.72. The van der Waals surface area contributed by atoms with Crippen molar-refractivity contribution in [1.82, 2.24) is 0 Å². The van der Waals surface area contributed by atoms with E-state index in [9.17, 15) is 0 Å². The van der Waals surface area contributed by atoms with E-state index in [1.807, 2.05) is 11.3 Å². The molecule has 2 rings (SSSR count). The van der Waals surface area contributed by atoms with E-state index in [-0.39, 0.29) is 0 Å². The minimum atomic E-state index is 0.753. The predicted octanol–water partition coefficient (Wildman–Crippen LogP) is 4.54. The topological polar surface area (TPSA) is 0 Å². The molecule has 0 aliphatic carbocycles. The lowest BCUT2D eigenvalue weighted by molar-refractivity contribution is 0.654. The first-order chi connectivity index (χ1) is 7.74. The van der Waals surface area contributed by atoms with Gasteiger partial charge in [0.1, 0.15) is 0 Å². The summed E-state index contributed by atoms with van der Waals surface area (Å²) in [6.07, 6.45) is 2.27. The Balaban J connectivity index is 2.03. The Morgan fingerprint density at radius 2 is 1.81 bits per heavy atom. The average Bonchev–Trinajstić information content (AvgIpc) is 2.66. The van der Waals surface area contributed by atoms with Gasteiger partial charge in [-0.15, -0.1) is 11.3 Å². The molecular weight excluding hydrogens is 212 g/mol. The summed E-state index contributed by atoms with van der Waals surface area (Å²) in [5, 5.41) is 2.30. The zero-order valence-electron chi connectivity index (χ0n) is 9.94. The van der Waals surface area contributed by atoms with E-state index in [4.69, 9.17) is 0 Å². The minimum Gasteiger partial charge on any atom is -0.149 e. The molecule has 0 saturated heterocycles. The van der Waals surface area contributed by atoms with E-state index < -0.39 is 0 Å². The van der Waals surface area contributed by atoms with E-state index in [0.717, 1.165) is 12.3 Å². The van der Waals surface area contributed by atoms with E-state index in [0.29, 0.717) is 0 Å². The normalized spacial score (nSPS) is 10.9. The van der Waals surface area contributed by atoms with Crippen LogP contribution in [0.1, 0.15) is 29.9 Å². The zero-order chi connectivity index (χ0) is 11.4. The summed E-state index contributed by atoms with van der Waals surface area (Å²) in [5.41, 5.74) is 2.85. The molecule has 0 bridgehead atoms. The second kappa shape index (κ2) is 5.31. The van der Waals surface area contributed by atoms with Crippen LogP contribution in [0.2, 0.25) is 0 Å². The molecule has 0 N–H and O–H groups in total. The van der Waals surface area contributed by atoms with Crippen molar-refractivity contribution < 1.29 is 0 Å². The molecule has 0 amide bonds. The summed E-state index contributed by atoms with van der Waals surface area (Å²) in [4.78, 5) is 1.51. The molecule has 0 aliphatic rings. The largest absolute Gasteiger partial charge is 0.149 e. The molecule has 0 atom stereocenters. The summed E-state index contributed by atoms with van der Waals surface area (Å²) in [5.74, 6) is 0.753. The Morgan fingerprint density at radius 1 is 1.06 bits per heavy atom. The van der Waals surface area contributed by atoms with Crippen molar-refractivity contribution in [2.75, 3.05) is 0 Å². The molecule has 0 unspecified atom stereocenters. The first-order valence-electron chi connectivity index (χ1n) is 5.84. The summed E-state index contributed by atoms with van der Waals surface area (Å²) in [7, 11) is 0. The fourth-order valence-electron chi connectivity index (χ4n) is 1.86. The fourth-order valence-corrected chi connectivity index (χ4v) is 2.96. The Labute approximate surface area is 102 Å². The van der Waals surface area contributed by atoms with Crippen molar-refractivity contribution in [1.29, 1.82) is 0 Å². The number of hydrogen-bond donors (Lipinski definition) is 0. The quantitative estimate of drug-likeness (QED) is 0.723. The number of benzene rings is 1. The smallest absolute Gasteiger partial charge is 0.00507 e. The van der Waals surface area contributed by atoms with Crippen LogP contribution in [0.15, 0.2) is 41.8 Å². The van der Waals surface area contributed by atoms with Gasteiger partial charge in [-0.25, -0.2) is 0 Å². The third kappa shape index (κ3) is 3.21. The van der Waals surface area contributed by atoms with Gasteiger partial charge in [0.05, 0.1) is 0 Å². The molecule has 0 nitrogen and oxygen atoms in total. The number of thiophene rings is 1. The van der Waals surface area contributed by atoms with Gasteiger partial charge >= 0.3 is 0 Å². The molecule has 84 valence electrons. The van der Waals surface area contributed by atoms with Gasteiger partial charge in [-0.3, -0.25) is 0 Å². The van der Waals surface area contributed by atoms with Crippen molar-refractivity contribution in [2.45, 2.75) is 26.7 Å². The van der Waals surface area contributed by atoms with Crippen LogP contribution in [0.3, 0.4) is 0 Å². The minimum absolute atomic E-state index is 0.753. The highest BCUT2D eigenvalue weighted by Gasteiger charge is 2.03. The van der Waals surface area contributed by atoms with Gasteiger partial charge in [0.25, 0.3) is 0 Å². The van der Waals surface area contributed by atoms with E-state index in [1.165, 1.54) is 22.4 Å². The molecule has 0 fully saturated rings. The average molecular weight is 230 g/mol. The maximum absolute atomic E-state index is 2.36. The van der Waals surface area contributed by atoms with Gasteiger partial charge in [0.15, 0.2) is 0 Å². The molecule has 0 spiro atoms. The van der Waals surface area contributed by atoms with Crippen LogP contribution in [-0.4, -0.2) is 0 Å². The van der Waals surface area contributed by atoms with Crippen LogP contribution < -0.4 is 0 Å². The van der Waals surface area contributed by atoms with Crippen molar-refractivity contribution in [2.24, 2.45) is 5.92 Å². The monoisotopic (exact) mass is 230 g/mol. The van der Waals surface area contributed by atoms with Crippen LogP contribution >= 0.6 is 11.3 Å². The SMILES string of the molecule is CC(C)Cc1cc(Cc2ccccc2)cs1. The van der Waals surface area contributed by atoms with Crippen LogP contribution in [-0.2, 0) is 12.8 Å². The highest BCUT2D eigenvalue weighted by atomic mass is 32.1. The lowest BCUT2D eigenvalue weighted by Gasteiger charge is -2.00. The van der Waals surface area contributed by atoms with Crippen LogP contribution in [0, 0.1) is 5.92 Å². The van der Waals surface area contributed by atoms with E-state index >= 15 is 0 Å². The van der Waals surface area contributed by atoms with Crippen LogP contribution in [0.25, 0.3) is 0 Å². The second-order valence-corrected chi connectivity index (χ2v) is 5.68. The van der Waals surface area contributed by atoms with Crippen molar-refractivity contribution in [3.8, 4) is 0 Å². The van der Waals surface area contributed by atoms with Gasteiger partial charge < -0.3 is 0 Å². The molecule has 1 aromatic heterocycles. The highest BCUT2D eigenvalue weighted by molar-refractivity contribution is 7.10. The molecule has 1 heterocycles. The lowest BCUT2D eigenvalue weighted by atomic mass is 10.1. The second-order valence-electron chi connectivity index (χ2n) is 4.68. The Hall–Kier alpha value is -1.08. The van der Waals surface area contributed by atoms with E-state index in [2.05, 4.69) is 55.6 Å². The summed E-state index contributed by atoms with van der Waals surface area (Å²) < 4.78 is 0. The van der Waals surface area contributed by atoms with Crippen molar-refractivity contribution in [3.05, 3.63) is 57.8 Å². The maximum Gasteiger partial charge on any atom is 0.00507 e. The van der Waals surface area contributed by atoms with Crippen LogP contribution in [0.4, 0.5) is 0 Å². The Kier molecular flexibility index (Phi) is 3.79. The van der Waals surface area contributed by atoms with E-state index in [1.54, 1.807) is 0 Å². The summed E-state index contributed by atoms with van der Waals surface area (Å²) in [6, 6.07) is 13.0.